The minimum Gasteiger partial charge on any atom is -0.459 e. The monoisotopic (exact) mass is 468 g/mol. The lowest BCUT2D eigenvalue weighted by Crippen LogP contribution is -2.62. The summed E-state index contributed by atoms with van der Waals surface area (Å²) in [5.74, 6) is -3.01. The van der Waals surface area contributed by atoms with Crippen molar-refractivity contribution in [1.29, 1.82) is 0 Å². The first kappa shape index (κ1) is 27.0. The Morgan fingerprint density at radius 1 is 1.12 bits per heavy atom. The zero-order valence-electron chi connectivity index (χ0n) is 20.7. The van der Waals surface area contributed by atoms with Gasteiger partial charge in [0.1, 0.15) is 12.2 Å². The van der Waals surface area contributed by atoms with Gasteiger partial charge in [-0.25, -0.2) is 4.79 Å². The molecule has 0 aliphatic heterocycles. The molecule has 9 heteroatoms. The summed E-state index contributed by atoms with van der Waals surface area (Å²) in [6.07, 6.45) is 0.413. The van der Waals surface area contributed by atoms with Gasteiger partial charge in [-0.15, -0.1) is 0 Å². The summed E-state index contributed by atoms with van der Waals surface area (Å²) in [4.78, 5) is 49.1. The minimum atomic E-state index is -2.14. The number of carbonyl (C=O) groups is 4. The molecule has 6 atom stereocenters. The first-order valence-electron chi connectivity index (χ1n) is 11.1. The van der Waals surface area contributed by atoms with Gasteiger partial charge in [0.05, 0.1) is 5.60 Å². The lowest BCUT2D eigenvalue weighted by molar-refractivity contribution is -0.223. The highest BCUT2D eigenvalue weighted by Gasteiger charge is 2.60. The van der Waals surface area contributed by atoms with Crippen LogP contribution in [0.4, 0.5) is 0 Å². The van der Waals surface area contributed by atoms with Crippen molar-refractivity contribution in [3.8, 4) is 0 Å². The van der Waals surface area contributed by atoms with Crippen molar-refractivity contribution in [3.63, 3.8) is 0 Å². The van der Waals surface area contributed by atoms with E-state index >= 15 is 0 Å². The number of carbonyl (C=O) groups excluding carboxylic acids is 4. The standard InChI is InChI=1S/C24H36O9/c1-13(31-14(2)25)23(7,30)20(28)32-19-9-10-22(6)12-17(27)16(21(4,5)29)11-18(22)24(19,8)33-15(3)26/h11,13,18-19,29-30H,9-10,12H2,1-8H3. The second kappa shape index (κ2) is 8.83. The van der Waals surface area contributed by atoms with Gasteiger partial charge in [-0.05, 0) is 52.9 Å². The maximum atomic E-state index is 12.9. The van der Waals surface area contributed by atoms with Crippen LogP contribution in [-0.4, -0.2) is 62.9 Å². The number of fused-ring (bicyclic) bond motifs is 1. The van der Waals surface area contributed by atoms with Crippen LogP contribution in [0.3, 0.4) is 0 Å². The maximum Gasteiger partial charge on any atom is 0.342 e. The van der Waals surface area contributed by atoms with Crippen molar-refractivity contribution in [3.05, 3.63) is 11.6 Å². The van der Waals surface area contributed by atoms with Crippen LogP contribution in [-0.2, 0) is 33.4 Å². The number of rotatable bonds is 6. The molecular weight excluding hydrogens is 432 g/mol. The third-order valence-corrected chi connectivity index (χ3v) is 7.00. The SMILES string of the molecule is CC(=O)OC(C)C(C)(O)C(=O)OC1CCC2(C)CC(=O)C(C(C)(C)O)=CC2C1(C)OC(C)=O. The third-order valence-electron chi connectivity index (χ3n) is 7.00. The van der Waals surface area contributed by atoms with E-state index in [-0.39, 0.29) is 24.2 Å². The number of hydrogen-bond acceptors (Lipinski definition) is 9. The smallest absolute Gasteiger partial charge is 0.342 e. The minimum absolute atomic E-state index is 0.145. The Labute approximate surface area is 194 Å². The van der Waals surface area contributed by atoms with Crippen LogP contribution in [0.5, 0.6) is 0 Å². The third kappa shape index (κ3) is 5.30. The van der Waals surface area contributed by atoms with Gasteiger partial charge in [-0.3, -0.25) is 14.4 Å². The van der Waals surface area contributed by atoms with Gasteiger partial charge in [0, 0.05) is 31.8 Å². The molecule has 0 radical (unpaired) electrons. The van der Waals surface area contributed by atoms with Crippen molar-refractivity contribution < 1.29 is 43.6 Å². The average Bonchev–Trinajstić information content (AvgIpc) is 2.61. The summed E-state index contributed by atoms with van der Waals surface area (Å²) < 4.78 is 16.4. The predicted molar refractivity (Wildman–Crippen MR) is 117 cm³/mol. The number of Topliss-reactive ketones (excluding diaryl/α,β-unsaturated/α-hetero) is 1. The molecule has 0 spiro atoms. The van der Waals surface area contributed by atoms with Gasteiger partial charge < -0.3 is 24.4 Å². The summed E-state index contributed by atoms with van der Waals surface area (Å²) in [6, 6.07) is 0. The number of aliphatic hydroxyl groups is 2. The second-order valence-corrected chi connectivity index (χ2v) is 10.5. The molecule has 0 aromatic carbocycles. The van der Waals surface area contributed by atoms with E-state index in [9.17, 15) is 29.4 Å². The Morgan fingerprint density at radius 2 is 1.70 bits per heavy atom. The molecule has 1 fully saturated rings. The van der Waals surface area contributed by atoms with Crippen molar-refractivity contribution in [1.82, 2.24) is 0 Å². The van der Waals surface area contributed by atoms with Gasteiger partial charge in [0.2, 0.25) is 0 Å². The zero-order valence-corrected chi connectivity index (χ0v) is 20.7. The predicted octanol–water partition coefficient (Wildman–Crippen LogP) is 2.01. The number of hydrogen-bond donors (Lipinski definition) is 2. The molecule has 0 heterocycles. The second-order valence-electron chi connectivity index (χ2n) is 10.5. The summed E-state index contributed by atoms with van der Waals surface area (Å²) in [5, 5.41) is 21.2. The quantitative estimate of drug-likeness (QED) is 0.443. The van der Waals surface area contributed by atoms with Crippen molar-refractivity contribution in [2.75, 3.05) is 0 Å². The Balaban J connectivity index is 2.48. The molecule has 2 aliphatic carbocycles. The molecule has 0 aromatic rings. The van der Waals surface area contributed by atoms with E-state index in [0.717, 1.165) is 6.92 Å². The van der Waals surface area contributed by atoms with Gasteiger partial charge in [-0.1, -0.05) is 13.0 Å². The van der Waals surface area contributed by atoms with E-state index in [0.29, 0.717) is 6.42 Å². The molecule has 0 bridgehead atoms. The van der Waals surface area contributed by atoms with E-state index in [1.54, 1.807) is 13.0 Å². The molecule has 2 N–H and O–H groups in total. The first-order valence-corrected chi connectivity index (χ1v) is 11.1. The molecule has 2 aliphatic rings. The molecule has 6 unspecified atom stereocenters. The van der Waals surface area contributed by atoms with Gasteiger partial charge in [0.25, 0.3) is 0 Å². The Bertz CT molecular complexity index is 866. The topological polar surface area (TPSA) is 136 Å². The number of ketones is 1. The Hall–Kier alpha value is -2.26. The lowest BCUT2D eigenvalue weighted by atomic mass is 9.54. The van der Waals surface area contributed by atoms with Gasteiger partial charge in [0.15, 0.2) is 17.0 Å². The largest absolute Gasteiger partial charge is 0.459 e. The summed E-state index contributed by atoms with van der Waals surface area (Å²) in [6.45, 7) is 11.5. The molecule has 33 heavy (non-hydrogen) atoms. The van der Waals surface area contributed by atoms with Crippen LogP contribution in [0.2, 0.25) is 0 Å². The fourth-order valence-corrected chi connectivity index (χ4v) is 5.02. The van der Waals surface area contributed by atoms with E-state index in [4.69, 9.17) is 14.2 Å². The summed E-state index contributed by atoms with van der Waals surface area (Å²) in [5.41, 5.74) is -5.28. The normalized spacial score (nSPS) is 32.5. The number of esters is 3. The van der Waals surface area contributed by atoms with Crippen LogP contribution in [0.25, 0.3) is 0 Å². The Kier molecular flexibility index (Phi) is 7.22. The van der Waals surface area contributed by atoms with Crippen molar-refractivity contribution in [2.45, 2.75) is 104 Å². The highest BCUT2D eigenvalue weighted by molar-refractivity contribution is 5.98. The van der Waals surface area contributed by atoms with Gasteiger partial charge in [-0.2, -0.15) is 0 Å². The highest BCUT2D eigenvalue weighted by atomic mass is 16.6. The summed E-state index contributed by atoms with van der Waals surface area (Å²) in [7, 11) is 0. The summed E-state index contributed by atoms with van der Waals surface area (Å²) >= 11 is 0. The first-order chi connectivity index (χ1) is 14.8. The molecule has 0 amide bonds. The van der Waals surface area contributed by atoms with E-state index in [1.165, 1.54) is 34.6 Å². The highest BCUT2D eigenvalue weighted by Crippen LogP contribution is 2.55. The number of ether oxygens (including phenoxy) is 3. The van der Waals surface area contributed by atoms with E-state index < -0.39 is 58.3 Å². The van der Waals surface area contributed by atoms with Crippen LogP contribution in [0.15, 0.2) is 11.6 Å². The molecular formula is C24H36O9. The van der Waals surface area contributed by atoms with Crippen LogP contribution < -0.4 is 0 Å². The lowest BCUT2D eigenvalue weighted by Gasteiger charge is -2.55. The van der Waals surface area contributed by atoms with E-state index in [1.807, 2.05) is 6.92 Å². The van der Waals surface area contributed by atoms with Crippen molar-refractivity contribution >= 4 is 23.7 Å². The van der Waals surface area contributed by atoms with Crippen LogP contribution >= 0.6 is 0 Å². The average molecular weight is 469 g/mol. The molecule has 0 aromatic heterocycles. The van der Waals surface area contributed by atoms with E-state index in [2.05, 4.69) is 0 Å². The van der Waals surface area contributed by atoms with Gasteiger partial charge >= 0.3 is 17.9 Å². The molecule has 2 rings (SSSR count). The molecule has 186 valence electrons. The fraction of sp³-hybridized carbons (Fsp3) is 0.750. The molecule has 0 saturated heterocycles. The van der Waals surface area contributed by atoms with Crippen LogP contribution in [0, 0.1) is 11.3 Å². The molecule has 9 nitrogen and oxygen atoms in total. The fourth-order valence-electron chi connectivity index (χ4n) is 5.02. The Morgan fingerprint density at radius 3 is 2.18 bits per heavy atom. The molecule has 1 saturated carbocycles. The maximum absolute atomic E-state index is 12.9. The van der Waals surface area contributed by atoms with Crippen molar-refractivity contribution in [2.24, 2.45) is 11.3 Å². The zero-order chi connectivity index (χ0) is 25.6. The van der Waals surface area contributed by atoms with Crippen LogP contribution in [0.1, 0.15) is 74.7 Å².